The number of rotatable bonds is 5. The van der Waals surface area contributed by atoms with Gasteiger partial charge in [0, 0.05) is 30.5 Å². The smallest absolute Gasteiger partial charge is 0.229 e. The molecule has 0 aliphatic carbocycles. The van der Waals surface area contributed by atoms with Crippen LogP contribution in [0.4, 0.5) is 28.8 Å². The monoisotopic (exact) mass is 432 g/mol. The number of anilines is 4. The second-order valence-electron chi connectivity index (χ2n) is 7.77. The number of benzene rings is 2. The Bertz CT molecular complexity index is 1130. The fourth-order valence-corrected chi connectivity index (χ4v) is 3.57. The lowest BCUT2D eigenvalue weighted by Gasteiger charge is -2.29. The van der Waals surface area contributed by atoms with Gasteiger partial charge in [0.05, 0.1) is 18.9 Å². The predicted molar refractivity (Wildman–Crippen MR) is 129 cm³/mol. The first-order valence-corrected chi connectivity index (χ1v) is 10.6. The Morgan fingerprint density at radius 3 is 2.53 bits per heavy atom. The molecule has 32 heavy (non-hydrogen) atoms. The van der Waals surface area contributed by atoms with E-state index in [2.05, 4.69) is 39.6 Å². The zero-order valence-corrected chi connectivity index (χ0v) is 18.6. The van der Waals surface area contributed by atoms with Gasteiger partial charge in [0.25, 0.3) is 0 Å². The molecule has 0 atom stereocenters. The Morgan fingerprint density at radius 1 is 1.03 bits per heavy atom. The van der Waals surface area contributed by atoms with Gasteiger partial charge < -0.3 is 25.4 Å². The van der Waals surface area contributed by atoms with E-state index in [0.717, 1.165) is 41.8 Å². The molecule has 0 amide bonds. The molecule has 8 heteroatoms. The molecule has 1 saturated heterocycles. The second kappa shape index (κ2) is 9.65. The average molecular weight is 433 g/mol. The lowest BCUT2D eigenvalue weighted by atomic mass is 10.2. The van der Waals surface area contributed by atoms with Gasteiger partial charge in [-0.1, -0.05) is 18.2 Å². The van der Waals surface area contributed by atoms with Gasteiger partial charge in [0.1, 0.15) is 17.3 Å². The van der Waals surface area contributed by atoms with Gasteiger partial charge in [-0.25, -0.2) is 9.98 Å². The third-order valence-corrected chi connectivity index (χ3v) is 5.08. The number of hydrogen-bond acceptors (Lipinski definition) is 7. The van der Waals surface area contributed by atoms with Crippen molar-refractivity contribution < 1.29 is 9.84 Å². The first-order chi connectivity index (χ1) is 15.5. The van der Waals surface area contributed by atoms with Crippen LogP contribution < -0.4 is 15.5 Å². The van der Waals surface area contributed by atoms with Crippen molar-refractivity contribution in [2.75, 3.05) is 41.8 Å². The third kappa shape index (κ3) is 5.33. The van der Waals surface area contributed by atoms with Crippen LogP contribution in [0.15, 0.2) is 53.5 Å². The molecule has 0 spiro atoms. The molecule has 2 aromatic carbocycles. The largest absolute Gasteiger partial charge is 0.508 e. The molecule has 4 rings (SSSR count). The highest BCUT2D eigenvalue weighted by Crippen LogP contribution is 2.32. The number of phenols is 1. The minimum Gasteiger partial charge on any atom is -0.508 e. The molecule has 1 aliphatic rings. The molecule has 0 unspecified atom stereocenters. The zero-order valence-electron chi connectivity index (χ0n) is 18.6. The SMILES string of the molecule is CC(=Nc1c(C)nc(Nc2cccc(O)c2)nc1N1CCOCC1)Nc1cccc(C)c1. The number of aromatic hydroxyl groups is 1. The van der Waals surface area contributed by atoms with E-state index in [1.807, 2.05) is 32.0 Å². The topological polar surface area (TPSA) is 94.9 Å². The van der Waals surface area contributed by atoms with Crippen LogP contribution in [0.25, 0.3) is 0 Å². The lowest BCUT2D eigenvalue weighted by molar-refractivity contribution is 0.122. The van der Waals surface area contributed by atoms with E-state index in [9.17, 15) is 5.11 Å². The normalized spacial score (nSPS) is 14.3. The van der Waals surface area contributed by atoms with Crippen molar-refractivity contribution in [2.24, 2.45) is 4.99 Å². The van der Waals surface area contributed by atoms with Gasteiger partial charge in [-0.2, -0.15) is 4.98 Å². The number of phenolic OH excluding ortho intramolecular Hbond substituents is 1. The van der Waals surface area contributed by atoms with E-state index >= 15 is 0 Å². The highest BCUT2D eigenvalue weighted by Gasteiger charge is 2.20. The molecule has 0 saturated carbocycles. The molecule has 0 bridgehead atoms. The Kier molecular flexibility index (Phi) is 6.51. The molecule has 3 N–H and O–H groups in total. The molecular formula is C24H28N6O2. The minimum atomic E-state index is 0.180. The van der Waals surface area contributed by atoms with Crippen molar-refractivity contribution in [1.82, 2.24) is 9.97 Å². The molecule has 166 valence electrons. The van der Waals surface area contributed by atoms with Gasteiger partial charge in [0.2, 0.25) is 5.95 Å². The van der Waals surface area contributed by atoms with E-state index in [4.69, 9.17) is 14.7 Å². The predicted octanol–water partition coefficient (Wildman–Crippen LogP) is 4.54. The van der Waals surface area contributed by atoms with Crippen LogP contribution in [-0.2, 0) is 4.74 Å². The van der Waals surface area contributed by atoms with Crippen molar-refractivity contribution >= 4 is 34.7 Å². The Morgan fingerprint density at radius 2 is 1.78 bits per heavy atom. The van der Waals surface area contributed by atoms with E-state index in [-0.39, 0.29) is 5.75 Å². The van der Waals surface area contributed by atoms with Crippen LogP contribution in [0.1, 0.15) is 18.2 Å². The van der Waals surface area contributed by atoms with Gasteiger partial charge in [-0.15, -0.1) is 0 Å². The van der Waals surface area contributed by atoms with Gasteiger partial charge in [-0.3, -0.25) is 0 Å². The van der Waals surface area contributed by atoms with Crippen molar-refractivity contribution in [1.29, 1.82) is 0 Å². The lowest BCUT2D eigenvalue weighted by Crippen LogP contribution is -2.37. The fraction of sp³-hybridized carbons (Fsp3) is 0.292. The number of nitrogens with zero attached hydrogens (tertiary/aromatic N) is 4. The molecule has 1 aliphatic heterocycles. The van der Waals surface area contributed by atoms with Crippen LogP contribution in [-0.4, -0.2) is 47.2 Å². The molecule has 2 heterocycles. The van der Waals surface area contributed by atoms with Crippen LogP contribution in [0.2, 0.25) is 0 Å². The zero-order chi connectivity index (χ0) is 22.5. The van der Waals surface area contributed by atoms with E-state index < -0.39 is 0 Å². The van der Waals surface area contributed by atoms with Crippen LogP contribution >= 0.6 is 0 Å². The van der Waals surface area contributed by atoms with Gasteiger partial charge in [0.15, 0.2) is 5.82 Å². The molecule has 8 nitrogen and oxygen atoms in total. The summed E-state index contributed by atoms with van der Waals surface area (Å²) in [6, 6.07) is 15.0. The quantitative estimate of drug-likeness (QED) is 0.402. The molecular weight excluding hydrogens is 404 g/mol. The summed E-state index contributed by atoms with van der Waals surface area (Å²) in [6.07, 6.45) is 0. The van der Waals surface area contributed by atoms with Crippen LogP contribution in [0, 0.1) is 13.8 Å². The van der Waals surface area contributed by atoms with Gasteiger partial charge >= 0.3 is 0 Å². The first kappa shape index (κ1) is 21.6. The summed E-state index contributed by atoms with van der Waals surface area (Å²) in [5, 5.41) is 16.3. The number of nitrogens with one attached hydrogen (secondary N) is 2. The maximum absolute atomic E-state index is 9.76. The number of morpholine rings is 1. The maximum atomic E-state index is 9.76. The average Bonchev–Trinajstić information content (AvgIpc) is 2.76. The van der Waals surface area contributed by atoms with Gasteiger partial charge in [-0.05, 0) is 50.6 Å². The van der Waals surface area contributed by atoms with E-state index in [1.165, 1.54) is 5.56 Å². The van der Waals surface area contributed by atoms with E-state index in [0.29, 0.717) is 24.8 Å². The number of aryl methyl sites for hydroxylation is 2. The fourth-order valence-electron chi connectivity index (χ4n) is 3.57. The van der Waals surface area contributed by atoms with Crippen molar-refractivity contribution in [3.63, 3.8) is 0 Å². The number of amidine groups is 1. The highest BCUT2D eigenvalue weighted by atomic mass is 16.5. The number of aromatic nitrogens is 2. The number of ether oxygens (including phenoxy) is 1. The Balaban J connectivity index is 1.68. The standard InChI is InChI=1S/C24H28N6O2/c1-16-6-4-7-19(14-16)26-18(3)27-22-17(2)25-24(28-20-8-5-9-21(31)15-20)29-23(22)30-10-12-32-13-11-30/h4-9,14-15,31H,10-13H2,1-3H3,(H,26,27)(H,25,28,29). The van der Waals surface area contributed by atoms with Crippen molar-refractivity contribution in [3.8, 4) is 5.75 Å². The summed E-state index contributed by atoms with van der Waals surface area (Å²) in [6.45, 7) is 8.67. The molecule has 0 radical (unpaired) electrons. The maximum Gasteiger partial charge on any atom is 0.229 e. The second-order valence-corrected chi connectivity index (χ2v) is 7.77. The summed E-state index contributed by atoms with van der Waals surface area (Å²) in [4.78, 5) is 16.4. The van der Waals surface area contributed by atoms with Crippen LogP contribution in [0.5, 0.6) is 5.75 Å². The van der Waals surface area contributed by atoms with E-state index in [1.54, 1.807) is 18.2 Å². The summed E-state index contributed by atoms with van der Waals surface area (Å²) in [5.41, 5.74) is 4.37. The molecule has 3 aromatic rings. The number of aliphatic imine (C=N–C) groups is 1. The van der Waals surface area contributed by atoms with Crippen molar-refractivity contribution in [3.05, 3.63) is 59.8 Å². The Hall–Kier alpha value is -3.65. The molecule has 1 fully saturated rings. The summed E-state index contributed by atoms with van der Waals surface area (Å²) >= 11 is 0. The van der Waals surface area contributed by atoms with Crippen LogP contribution in [0.3, 0.4) is 0 Å². The molecule has 1 aromatic heterocycles. The third-order valence-electron chi connectivity index (χ3n) is 5.08. The summed E-state index contributed by atoms with van der Waals surface area (Å²) in [7, 11) is 0. The number of hydrogen-bond donors (Lipinski definition) is 3. The van der Waals surface area contributed by atoms with Crippen molar-refractivity contribution in [2.45, 2.75) is 20.8 Å². The summed E-state index contributed by atoms with van der Waals surface area (Å²) in [5.74, 6) is 2.15. The highest BCUT2D eigenvalue weighted by molar-refractivity contribution is 5.96. The first-order valence-electron chi connectivity index (χ1n) is 10.6. The minimum absolute atomic E-state index is 0.180. The Labute approximate surface area is 188 Å². The summed E-state index contributed by atoms with van der Waals surface area (Å²) < 4.78 is 5.53.